The third-order valence-electron chi connectivity index (χ3n) is 4.12. The summed E-state index contributed by atoms with van der Waals surface area (Å²) in [5.41, 5.74) is 1.94. The Bertz CT molecular complexity index is 350. The molecule has 0 bridgehead atoms. The van der Waals surface area contributed by atoms with Crippen LogP contribution >= 0.6 is 11.8 Å². The second-order valence-electron chi connectivity index (χ2n) is 6.59. The average molecular weight is 262 g/mol. The summed E-state index contributed by atoms with van der Waals surface area (Å²) in [7, 11) is 0. The van der Waals surface area contributed by atoms with Gasteiger partial charge in [0.1, 0.15) is 0 Å². The van der Waals surface area contributed by atoms with E-state index in [-0.39, 0.29) is 0 Å². The van der Waals surface area contributed by atoms with Gasteiger partial charge in [0.15, 0.2) is 0 Å². The molecule has 0 amide bonds. The summed E-state index contributed by atoms with van der Waals surface area (Å²) in [6.07, 6.45) is 5.71. The van der Waals surface area contributed by atoms with E-state index in [2.05, 4.69) is 62.9 Å². The van der Waals surface area contributed by atoms with Gasteiger partial charge in [0.2, 0.25) is 0 Å². The molecule has 1 heteroatoms. The fourth-order valence-electron chi connectivity index (χ4n) is 3.06. The van der Waals surface area contributed by atoms with Crippen molar-refractivity contribution >= 4 is 11.8 Å². The summed E-state index contributed by atoms with van der Waals surface area (Å²) >= 11 is 2.19. The van der Waals surface area contributed by atoms with Crippen LogP contribution in [0.2, 0.25) is 0 Å². The van der Waals surface area contributed by atoms with E-state index in [1.54, 1.807) is 0 Å². The first-order valence-corrected chi connectivity index (χ1v) is 8.28. The molecule has 1 saturated carbocycles. The molecule has 1 aliphatic rings. The molecule has 0 nitrogen and oxygen atoms in total. The molecular weight excluding hydrogens is 236 g/mol. The van der Waals surface area contributed by atoms with Crippen molar-refractivity contribution in [3.05, 3.63) is 35.9 Å². The van der Waals surface area contributed by atoms with Crippen molar-refractivity contribution in [2.24, 2.45) is 11.3 Å². The molecule has 2 unspecified atom stereocenters. The summed E-state index contributed by atoms with van der Waals surface area (Å²) in [6, 6.07) is 10.9. The lowest BCUT2D eigenvalue weighted by atomic mass is 9.72. The summed E-state index contributed by atoms with van der Waals surface area (Å²) < 4.78 is 0. The molecule has 0 aliphatic heterocycles. The van der Waals surface area contributed by atoms with E-state index in [9.17, 15) is 0 Å². The van der Waals surface area contributed by atoms with Crippen molar-refractivity contribution in [1.82, 2.24) is 0 Å². The highest BCUT2D eigenvalue weighted by atomic mass is 32.2. The first-order valence-electron chi connectivity index (χ1n) is 7.23. The van der Waals surface area contributed by atoms with Gasteiger partial charge >= 0.3 is 0 Å². The predicted octanol–water partition coefficient (Wildman–Crippen LogP) is 5.52. The lowest BCUT2D eigenvalue weighted by Crippen LogP contribution is -2.33. The van der Waals surface area contributed by atoms with Crippen LogP contribution in [0.15, 0.2) is 30.3 Å². The van der Waals surface area contributed by atoms with E-state index in [0.717, 1.165) is 11.2 Å². The van der Waals surface area contributed by atoms with Crippen LogP contribution in [0.1, 0.15) is 52.0 Å². The summed E-state index contributed by atoms with van der Waals surface area (Å²) in [6.45, 7) is 7.25. The topological polar surface area (TPSA) is 0 Å². The number of hydrogen-bond acceptors (Lipinski definition) is 1. The largest absolute Gasteiger partial charge is 0.153 e. The van der Waals surface area contributed by atoms with Crippen LogP contribution in [0, 0.1) is 11.3 Å². The maximum absolute atomic E-state index is 2.42. The van der Waals surface area contributed by atoms with Crippen molar-refractivity contribution in [3.63, 3.8) is 0 Å². The van der Waals surface area contributed by atoms with Crippen molar-refractivity contribution in [2.75, 3.05) is 0 Å². The van der Waals surface area contributed by atoms with Gasteiger partial charge in [0.05, 0.1) is 0 Å². The zero-order valence-corrected chi connectivity index (χ0v) is 12.8. The van der Waals surface area contributed by atoms with Gasteiger partial charge in [-0.05, 0) is 29.7 Å². The average Bonchev–Trinajstić information content (AvgIpc) is 2.37. The quantitative estimate of drug-likeness (QED) is 0.690. The molecule has 1 fully saturated rings. The Morgan fingerprint density at radius 1 is 1.06 bits per heavy atom. The minimum absolute atomic E-state index is 0.467. The zero-order valence-electron chi connectivity index (χ0n) is 12.0. The van der Waals surface area contributed by atoms with Crippen LogP contribution in [0.4, 0.5) is 0 Å². The lowest BCUT2D eigenvalue weighted by Gasteiger charge is -2.40. The second kappa shape index (κ2) is 6.14. The summed E-state index contributed by atoms with van der Waals surface area (Å²) in [5, 5.41) is 0.860. The Morgan fingerprint density at radius 2 is 1.72 bits per heavy atom. The number of rotatable bonds is 3. The predicted molar refractivity (Wildman–Crippen MR) is 82.9 cm³/mol. The van der Waals surface area contributed by atoms with Crippen molar-refractivity contribution in [1.29, 1.82) is 0 Å². The molecule has 1 aromatic carbocycles. The Balaban J connectivity index is 1.94. The van der Waals surface area contributed by atoms with E-state index in [0.29, 0.717) is 5.41 Å². The number of benzene rings is 1. The Kier molecular flexibility index (Phi) is 4.77. The molecule has 2 atom stereocenters. The van der Waals surface area contributed by atoms with Gasteiger partial charge in [-0.1, -0.05) is 63.9 Å². The van der Waals surface area contributed by atoms with Crippen molar-refractivity contribution in [3.8, 4) is 0 Å². The maximum Gasteiger partial charge on any atom is 0.0187 e. The van der Waals surface area contributed by atoms with Crippen molar-refractivity contribution in [2.45, 2.75) is 57.5 Å². The second-order valence-corrected chi connectivity index (χ2v) is 7.82. The standard InChI is InChI=1S/C17H26S/c1-17(2,3)15-11-7-8-12-16(15)18-13-14-9-5-4-6-10-14/h4-6,9-10,15-16H,7-8,11-13H2,1-3H3. The molecule has 0 heterocycles. The Morgan fingerprint density at radius 3 is 2.39 bits per heavy atom. The monoisotopic (exact) mass is 262 g/mol. The number of hydrogen-bond donors (Lipinski definition) is 0. The van der Waals surface area contributed by atoms with Gasteiger partial charge in [-0.2, -0.15) is 11.8 Å². The normalized spacial score (nSPS) is 25.1. The molecule has 1 aliphatic carbocycles. The third kappa shape index (κ3) is 3.78. The zero-order chi connectivity index (χ0) is 13.0. The Hall–Kier alpha value is -0.430. The number of thioether (sulfide) groups is 1. The molecule has 0 spiro atoms. The molecule has 0 radical (unpaired) electrons. The van der Waals surface area contributed by atoms with Crippen molar-refractivity contribution < 1.29 is 0 Å². The maximum atomic E-state index is 2.42. The van der Waals surface area contributed by atoms with Crippen LogP contribution in [-0.4, -0.2) is 5.25 Å². The summed E-state index contributed by atoms with van der Waals surface area (Å²) in [4.78, 5) is 0. The first-order chi connectivity index (χ1) is 8.57. The van der Waals surface area contributed by atoms with Gasteiger partial charge < -0.3 is 0 Å². The molecule has 18 heavy (non-hydrogen) atoms. The van der Waals surface area contributed by atoms with Gasteiger partial charge in [-0.15, -0.1) is 0 Å². The van der Waals surface area contributed by atoms with E-state index < -0.39 is 0 Å². The SMILES string of the molecule is CC(C)(C)C1CCCCC1SCc1ccccc1. The first kappa shape index (κ1) is 14.0. The molecule has 0 N–H and O–H groups in total. The smallest absolute Gasteiger partial charge is 0.0187 e. The fourth-order valence-corrected chi connectivity index (χ4v) is 4.77. The fraction of sp³-hybridized carbons (Fsp3) is 0.647. The highest BCUT2D eigenvalue weighted by Gasteiger charge is 2.34. The van der Waals surface area contributed by atoms with E-state index in [4.69, 9.17) is 0 Å². The van der Waals surface area contributed by atoms with Gasteiger partial charge in [-0.3, -0.25) is 0 Å². The van der Waals surface area contributed by atoms with Crippen LogP contribution in [0.25, 0.3) is 0 Å². The van der Waals surface area contributed by atoms with Crippen LogP contribution in [-0.2, 0) is 5.75 Å². The molecule has 1 aromatic rings. The highest BCUT2D eigenvalue weighted by Crippen LogP contribution is 2.44. The van der Waals surface area contributed by atoms with E-state index in [1.165, 1.54) is 37.0 Å². The minimum atomic E-state index is 0.467. The molecule has 0 aromatic heterocycles. The van der Waals surface area contributed by atoms with Gasteiger partial charge in [0.25, 0.3) is 0 Å². The molecule has 0 saturated heterocycles. The van der Waals surface area contributed by atoms with Gasteiger partial charge in [-0.25, -0.2) is 0 Å². The van der Waals surface area contributed by atoms with Crippen LogP contribution in [0.3, 0.4) is 0 Å². The summed E-state index contributed by atoms with van der Waals surface area (Å²) in [5.74, 6) is 2.07. The minimum Gasteiger partial charge on any atom is -0.153 e. The third-order valence-corrected chi connectivity index (χ3v) is 5.61. The van der Waals surface area contributed by atoms with Crippen LogP contribution in [0.5, 0.6) is 0 Å². The molecule has 100 valence electrons. The van der Waals surface area contributed by atoms with Gasteiger partial charge in [0, 0.05) is 11.0 Å². The highest BCUT2D eigenvalue weighted by molar-refractivity contribution is 7.99. The van der Waals surface area contributed by atoms with Crippen LogP contribution < -0.4 is 0 Å². The Labute approximate surface area is 117 Å². The van der Waals surface area contributed by atoms with E-state index in [1.807, 2.05) is 0 Å². The van der Waals surface area contributed by atoms with E-state index >= 15 is 0 Å². The molecular formula is C17H26S. The molecule has 2 rings (SSSR count). The lowest BCUT2D eigenvalue weighted by molar-refractivity contribution is 0.187.